The van der Waals surface area contributed by atoms with E-state index >= 15 is 0 Å². The van der Waals surface area contributed by atoms with Crippen LogP contribution in [0.1, 0.15) is 28.8 Å². The van der Waals surface area contributed by atoms with Crippen LogP contribution in [-0.4, -0.2) is 38.6 Å². The summed E-state index contributed by atoms with van der Waals surface area (Å²) >= 11 is 0. The van der Waals surface area contributed by atoms with Gasteiger partial charge >= 0.3 is 5.97 Å². The second-order valence-electron chi connectivity index (χ2n) is 5.25. The summed E-state index contributed by atoms with van der Waals surface area (Å²) in [6.07, 6.45) is 2.59. The average molecular weight is 290 g/mol. The lowest BCUT2D eigenvalue weighted by Gasteiger charge is -2.21. The Labute approximate surface area is 125 Å². The van der Waals surface area contributed by atoms with Crippen LogP contribution >= 0.6 is 0 Å². The van der Waals surface area contributed by atoms with E-state index in [1.165, 1.54) is 7.11 Å². The molecule has 0 atom stereocenters. The molecule has 0 aliphatic carbocycles. The second-order valence-corrected chi connectivity index (χ2v) is 5.25. The van der Waals surface area contributed by atoms with Crippen LogP contribution in [0, 0.1) is 5.92 Å². The van der Waals surface area contributed by atoms with Gasteiger partial charge in [-0.15, -0.1) is 0 Å². The predicted molar refractivity (Wildman–Crippen MR) is 80.1 cm³/mol. The Morgan fingerprint density at radius 2 is 1.90 bits per heavy atom. The van der Waals surface area contributed by atoms with Crippen molar-refractivity contribution in [2.45, 2.75) is 19.3 Å². The third kappa shape index (κ3) is 4.56. The van der Waals surface area contributed by atoms with Gasteiger partial charge in [0.05, 0.1) is 12.7 Å². The Bertz CT molecular complexity index is 479. The second kappa shape index (κ2) is 7.78. The van der Waals surface area contributed by atoms with E-state index in [4.69, 9.17) is 0 Å². The van der Waals surface area contributed by atoms with Crippen LogP contribution in [0.15, 0.2) is 24.3 Å². The van der Waals surface area contributed by atoms with Crippen molar-refractivity contribution in [1.29, 1.82) is 0 Å². The molecule has 1 heterocycles. The van der Waals surface area contributed by atoms with Crippen molar-refractivity contribution in [1.82, 2.24) is 10.6 Å². The molecule has 21 heavy (non-hydrogen) atoms. The van der Waals surface area contributed by atoms with Gasteiger partial charge in [0.25, 0.3) is 0 Å². The first-order valence-electron chi connectivity index (χ1n) is 7.36. The van der Waals surface area contributed by atoms with Gasteiger partial charge in [0.15, 0.2) is 0 Å². The summed E-state index contributed by atoms with van der Waals surface area (Å²) in [6.45, 7) is 2.47. The first-order valence-corrected chi connectivity index (χ1v) is 7.36. The fourth-order valence-corrected chi connectivity index (χ4v) is 2.48. The molecule has 2 rings (SSSR count). The number of ether oxygens (including phenoxy) is 1. The van der Waals surface area contributed by atoms with Gasteiger partial charge in [0.2, 0.25) is 5.91 Å². The molecule has 5 heteroatoms. The van der Waals surface area contributed by atoms with Crippen LogP contribution in [0.25, 0.3) is 0 Å². The normalized spacial score (nSPS) is 15.5. The SMILES string of the molecule is COC(=O)c1ccc(CCNC(=O)C2CCNCC2)cc1. The average Bonchev–Trinajstić information content (AvgIpc) is 2.55. The summed E-state index contributed by atoms with van der Waals surface area (Å²) in [4.78, 5) is 23.3. The van der Waals surface area contributed by atoms with E-state index in [2.05, 4.69) is 15.4 Å². The lowest BCUT2D eigenvalue weighted by atomic mass is 9.97. The molecule has 1 aromatic carbocycles. The minimum absolute atomic E-state index is 0.146. The number of benzene rings is 1. The van der Waals surface area contributed by atoms with Crippen molar-refractivity contribution in [2.75, 3.05) is 26.7 Å². The summed E-state index contributed by atoms with van der Waals surface area (Å²) in [7, 11) is 1.37. The Kier molecular flexibility index (Phi) is 5.75. The number of methoxy groups -OCH3 is 1. The number of amides is 1. The highest BCUT2D eigenvalue weighted by molar-refractivity contribution is 5.89. The molecule has 1 amide bonds. The van der Waals surface area contributed by atoms with Crippen LogP contribution in [-0.2, 0) is 16.0 Å². The number of piperidine rings is 1. The van der Waals surface area contributed by atoms with Crippen LogP contribution in [0.5, 0.6) is 0 Å². The maximum Gasteiger partial charge on any atom is 0.337 e. The molecule has 114 valence electrons. The molecule has 0 aromatic heterocycles. The van der Waals surface area contributed by atoms with Crippen molar-refractivity contribution in [3.63, 3.8) is 0 Å². The Morgan fingerprint density at radius 1 is 1.24 bits per heavy atom. The molecule has 0 radical (unpaired) electrons. The summed E-state index contributed by atoms with van der Waals surface area (Å²) in [6, 6.07) is 7.28. The van der Waals surface area contributed by atoms with Crippen molar-refractivity contribution >= 4 is 11.9 Å². The Balaban J connectivity index is 1.75. The maximum absolute atomic E-state index is 12.0. The molecular formula is C16H22N2O3. The van der Waals surface area contributed by atoms with E-state index in [-0.39, 0.29) is 17.8 Å². The van der Waals surface area contributed by atoms with Crippen LogP contribution in [0.2, 0.25) is 0 Å². The zero-order valence-corrected chi connectivity index (χ0v) is 12.4. The van der Waals surface area contributed by atoms with Gasteiger partial charge in [0, 0.05) is 12.5 Å². The van der Waals surface area contributed by atoms with Crippen molar-refractivity contribution in [3.05, 3.63) is 35.4 Å². The summed E-state index contributed by atoms with van der Waals surface area (Å²) in [5.41, 5.74) is 1.63. The molecule has 0 unspecified atom stereocenters. The minimum Gasteiger partial charge on any atom is -0.465 e. The third-order valence-corrected chi connectivity index (χ3v) is 3.80. The van der Waals surface area contributed by atoms with Gasteiger partial charge in [-0.2, -0.15) is 0 Å². The van der Waals surface area contributed by atoms with E-state index in [9.17, 15) is 9.59 Å². The fourth-order valence-electron chi connectivity index (χ4n) is 2.48. The van der Waals surface area contributed by atoms with Gasteiger partial charge in [0.1, 0.15) is 0 Å². The van der Waals surface area contributed by atoms with Crippen molar-refractivity contribution < 1.29 is 14.3 Å². The minimum atomic E-state index is -0.333. The molecule has 1 aliphatic rings. The molecule has 0 spiro atoms. The summed E-state index contributed by atoms with van der Waals surface area (Å²) < 4.78 is 4.65. The number of esters is 1. The molecule has 2 N–H and O–H groups in total. The van der Waals surface area contributed by atoms with Gasteiger partial charge < -0.3 is 15.4 Å². The smallest absolute Gasteiger partial charge is 0.337 e. The molecule has 1 aromatic rings. The molecule has 1 saturated heterocycles. The topological polar surface area (TPSA) is 67.4 Å². The third-order valence-electron chi connectivity index (χ3n) is 3.80. The molecule has 0 bridgehead atoms. The van der Waals surface area contributed by atoms with Crippen molar-refractivity contribution in [2.24, 2.45) is 5.92 Å². The zero-order chi connectivity index (χ0) is 15.1. The van der Waals surface area contributed by atoms with Crippen LogP contribution in [0.3, 0.4) is 0 Å². The molecular weight excluding hydrogens is 268 g/mol. The van der Waals surface area contributed by atoms with E-state index in [0.717, 1.165) is 37.9 Å². The zero-order valence-electron chi connectivity index (χ0n) is 12.4. The van der Waals surface area contributed by atoms with Gasteiger partial charge in [-0.1, -0.05) is 12.1 Å². The van der Waals surface area contributed by atoms with Crippen molar-refractivity contribution in [3.8, 4) is 0 Å². The lowest BCUT2D eigenvalue weighted by Crippen LogP contribution is -2.38. The van der Waals surface area contributed by atoms with Gasteiger partial charge in [-0.25, -0.2) is 4.79 Å². The molecule has 1 aliphatic heterocycles. The van der Waals surface area contributed by atoms with E-state index in [1.807, 2.05) is 12.1 Å². The Morgan fingerprint density at radius 3 is 2.52 bits per heavy atom. The number of rotatable bonds is 5. The number of carbonyl (C=O) groups excluding carboxylic acids is 2. The first kappa shape index (κ1) is 15.5. The number of hydrogen-bond acceptors (Lipinski definition) is 4. The number of nitrogens with one attached hydrogen (secondary N) is 2. The van der Waals surface area contributed by atoms with Crippen LogP contribution < -0.4 is 10.6 Å². The molecule has 0 saturated carbocycles. The van der Waals surface area contributed by atoms with E-state index in [1.54, 1.807) is 12.1 Å². The first-order chi connectivity index (χ1) is 10.2. The largest absolute Gasteiger partial charge is 0.465 e. The standard InChI is InChI=1S/C16H22N2O3/c1-21-16(20)14-4-2-12(3-5-14)6-11-18-15(19)13-7-9-17-10-8-13/h2-5,13,17H,6-11H2,1H3,(H,18,19). The predicted octanol–water partition coefficient (Wildman–Crippen LogP) is 1.13. The van der Waals surface area contributed by atoms with Crippen LogP contribution in [0.4, 0.5) is 0 Å². The lowest BCUT2D eigenvalue weighted by molar-refractivity contribution is -0.125. The highest BCUT2D eigenvalue weighted by atomic mass is 16.5. The Hall–Kier alpha value is -1.88. The van der Waals surface area contributed by atoms with E-state index < -0.39 is 0 Å². The quantitative estimate of drug-likeness (QED) is 0.798. The van der Waals surface area contributed by atoms with Gasteiger partial charge in [-0.05, 0) is 50.0 Å². The fraction of sp³-hybridized carbons (Fsp3) is 0.500. The highest BCUT2D eigenvalue weighted by Gasteiger charge is 2.20. The summed E-state index contributed by atoms with van der Waals surface area (Å²) in [5, 5.41) is 6.24. The maximum atomic E-state index is 12.0. The number of carbonyl (C=O) groups is 2. The molecule has 5 nitrogen and oxygen atoms in total. The highest BCUT2D eigenvalue weighted by Crippen LogP contribution is 2.11. The summed E-state index contributed by atoms with van der Waals surface area (Å²) in [5.74, 6) is -0.0311. The monoisotopic (exact) mass is 290 g/mol. The van der Waals surface area contributed by atoms with E-state index in [0.29, 0.717) is 12.1 Å². The number of hydrogen-bond donors (Lipinski definition) is 2. The van der Waals surface area contributed by atoms with Gasteiger partial charge in [-0.3, -0.25) is 4.79 Å². The molecule has 1 fully saturated rings.